The van der Waals surface area contributed by atoms with Gasteiger partial charge in [0.1, 0.15) is 0 Å². The van der Waals surface area contributed by atoms with E-state index in [1.54, 1.807) is 37.3 Å². The molecule has 1 amide bonds. The van der Waals surface area contributed by atoms with Crippen molar-refractivity contribution in [2.24, 2.45) is 0 Å². The SMILES string of the molecule is CC(=O)Nc1ccc(C(=O)O[C@@H](C)C(=O)c2cc(C)ccc2C)cc1. The van der Waals surface area contributed by atoms with Gasteiger partial charge in [0.25, 0.3) is 0 Å². The maximum atomic E-state index is 12.5. The molecule has 25 heavy (non-hydrogen) atoms. The second-order valence-corrected chi connectivity index (χ2v) is 5.99. The highest BCUT2D eigenvalue weighted by Crippen LogP contribution is 2.16. The summed E-state index contributed by atoms with van der Waals surface area (Å²) < 4.78 is 5.29. The summed E-state index contributed by atoms with van der Waals surface area (Å²) in [5.74, 6) is -1.01. The average Bonchev–Trinajstić information content (AvgIpc) is 2.56. The molecule has 5 nitrogen and oxygen atoms in total. The minimum Gasteiger partial charge on any atom is -0.451 e. The van der Waals surface area contributed by atoms with Crippen LogP contribution in [-0.4, -0.2) is 23.8 Å². The fourth-order valence-electron chi connectivity index (χ4n) is 2.40. The Labute approximate surface area is 147 Å². The average molecular weight is 339 g/mol. The predicted molar refractivity (Wildman–Crippen MR) is 95.9 cm³/mol. The zero-order valence-electron chi connectivity index (χ0n) is 14.8. The van der Waals surface area contributed by atoms with Crippen LogP contribution in [0.25, 0.3) is 0 Å². The third kappa shape index (κ3) is 4.76. The molecule has 2 rings (SSSR count). The van der Waals surface area contributed by atoms with E-state index in [0.717, 1.165) is 11.1 Å². The highest BCUT2D eigenvalue weighted by molar-refractivity contribution is 6.02. The van der Waals surface area contributed by atoms with Crippen LogP contribution in [0.15, 0.2) is 42.5 Å². The molecule has 0 bridgehead atoms. The molecule has 2 aromatic rings. The lowest BCUT2D eigenvalue weighted by atomic mass is 9.99. The Bertz CT molecular complexity index is 809. The van der Waals surface area contributed by atoms with Crippen LogP contribution >= 0.6 is 0 Å². The summed E-state index contributed by atoms with van der Waals surface area (Å²) in [5, 5.41) is 2.62. The number of ketones is 1. The van der Waals surface area contributed by atoms with Crippen LogP contribution in [0.5, 0.6) is 0 Å². The van der Waals surface area contributed by atoms with E-state index in [0.29, 0.717) is 16.8 Å². The van der Waals surface area contributed by atoms with E-state index in [1.807, 2.05) is 26.0 Å². The number of carbonyl (C=O) groups is 3. The summed E-state index contributed by atoms with van der Waals surface area (Å²) in [6, 6.07) is 11.9. The molecule has 0 fully saturated rings. The van der Waals surface area contributed by atoms with Crippen LogP contribution in [0.3, 0.4) is 0 Å². The Hall–Kier alpha value is -2.95. The summed E-state index contributed by atoms with van der Waals surface area (Å²) in [5.41, 5.74) is 3.28. The molecule has 0 unspecified atom stereocenters. The van der Waals surface area contributed by atoms with Crippen molar-refractivity contribution < 1.29 is 19.1 Å². The summed E-state index contributed by atoms with van der Waals surface area (Å²) in [6.07, 6.45) is -0.886. The van der Waals surface area contributed by atoms with E-state index in [-0.39, 0.29) is 11.7 Å². The molecule has 2 aromatic carbocycles. The van der Waals surface area contributed by atoms with E-state index in [1.165, 1.54) is 6.92 Å². The van der Waals surface area contributed by atoms with Crippen molar-refractivity contribution in [3.05, 3.63) is 64.7 Å². The largest absolute Gasteiger partial charge is 0.451 e. The Morgan fingerprint density at radius 1 is 1.00 bits per heavy atom. The van der Waals surface area contributed by atoms with Gasteiger partial charge >= 0.3 is 5.97 Å². The van der Waals surface area contributed by atoms with Gasteiger partial charge in [-0.1, -0.05) is 17.7 Å². The Morgan fingerprint density at radius 3 is 2.24 bits per heavy atom. The maximum Gasteiger partial charge on any atom is 0.338 e. The standard InChI is InChI=1S/C20H21NO4/c1-12-5-6-13(2)18(11-12)19(23)14(3)25-20(24)16-7-9-17(10-8-16)21-15(4)22/h5-11,14H,1-4H3,(H,21,22)/t14-/m0/s1. The summed E-state index contributed by atoms with van der Waals surface area (Å²) in [4.78, 5) is 35.7. The molecule has 130 valence electrons. The molecular weight excluding hydrogens is 318 g/mol. The van der Waals surface area contributed by atoms with Gasteiger partial charge in [0, 0.05) is 18.2 Å². The first-order valence-electron chi connectivity index (χ1n) is 7.98. The van der Waals surface area contributed by atoms with E-state index in [9.17, 15) is 14.4 Å². The second-order valence-electron chi connectivity index (χ2n) is 5.99. The van der Waals surface area contributed by atoms with Crippen LogP contribution in [0.2, 0.25) is 0 Å². The number of esters is 1. The number of nitrogens with one attached hydrogen (secondary N) is 1. The molecule has 0 saturated carbocycles. The van der Waals surface area contributed by atoms with Crippen LogP contribution < -0.4 is 5.32 Å². The maximum absolute atomic E-state index is 12.5. The van der Waals surface area contributed by atoms with E-state index in [4.69, 9.17) is 4.74 Å². The number of ether oxygens (including phenoxy) is 1. The van der Waals surface area contributed by atoms with Crippen molar-refractivity contribution in [2.45, 2.75) is 33.8 Å². The lowest BCUT2D eigenvalue weighted by Crippen LogP contribution is -2.25. The molecule has 0 aromatic heterocycles. The van der Waals surface area contributed by atoms with E-state index < -0.39 is 12.1 Å². The summed E-state index contributed by atoms with van der Waals surface area (Å²) >= 11 is 0. The number of carbonyl (C=O) groups excluding carboxylic acids is 3. The van der Waals surface area contributed by atoms with Crippen molar-refractivity contribution in [1.82, 2.24) is 0 Å². The zero-order valence-corrected chi connectivity index (χ0v) is 14.8. The molecule has 0 saturated heterocycles. The van der Waals surface area contributed by atoms with Gasteiger partial charge in [0.2, 0.25) is 11.7 Å². The van der Waals surface area contributed by atoms with Crippen LogP contribution in [0.4, 0.5) is 5.69 Å². The molecule has 1 N–H and O–H groups in total. The fourth-order valence-corrected chi connectivity index (χ4v) is 2.40. The van der Waals surface area contributed by atoms with Gasteiger partial charge in [-0.15, -0.1) is 0 Å². The van der Waals surface area contributed by atoms with E-state index >= 15 is 0 Å². The molecule has 5 heteroatoms. The number of amides is 1. The minimum absolute atomic E-state index is 0.192. The van der Waals surface area contributed by atoms with Crippen LogP contribution in [0, 0.1) is 13.8 Å². The monoisotopic (exact) mass is 339 g/mol. The molecule has 1 atom stereocenters. The molecular formula is C20H21NO4. The number of anilines is 1. The van der Waals surface area contributed by atoms with Gasteiger partial charge < -0.3 is 10.1 Å². The van der Waals surface area contributed by atoms with Crippen molar-refractivity contribution in [3.8, 4) is 0 Å². The van der Waals surface area contributed by atoms with Crippen LogP contribution in [0.1, 0.15) is 45.7 Å². The summed E-state index contributed by atoms with van der Waals surface area (Å²) in [6.45, 7) is 6.72. The van der Waals surface area contributed by atoms with Crippen molar-refractivity contribution >= 4 is 23.3 Å². The first-order valence-corrected chi connectivity index (χ1v) is 7.98. The van der Waals surface area contributed by atoms with Gasteiger partial charge in [-0.2, -0.15) is 0 Å². The molecule has 0 aliphatic rings. The molecule has 0 aliphatic carbocycles. The highest BCUT2D eigenvalue weighted by atomic mass is 16.5. The Balaban J connectivity index is 2.07. The number of hydrogen-bond donors (Lipinski definition) is 1. The number of aryl methyl sites for hydroxylation is 2. The van der Waals surface area contributed by atoms with Crippen molar-refractivity contribution in [2.75, 3.05) is 5.32 Å². The summed E-state index contributed by atoms with van der Waals surface area (Å²) in [7, 11) is 0. The van der Waals surface area contributed by atoms with Gasteiger partial charge in [-0.3, -0.25) is 9.59 Å². The third-order valence-electron chi connectivity index (χ3n) is 3.75. The normalized spacial score (nSPS) is 11.5. The molecule has 0 radical (unpaired) electrons. The smallest absolute Gasteiger partial charge is 0.338 e. The van der Waals surface area contributed by atoms with E-state index in [2.05, 4.69) is 5.32 Å². The quantitative estimate of drug-likeness (QED) is 0.666. The minimum atomic E-state index is -0.886. The zero-order chi connectivity index (χ0) is 18.6. The van der Waals surface area contributed by atoms with Gasteiger partial charge in [0.05, 0.1) is 5.56 Å². The Kier molecular flexibility index (Phi) is 5.70. The second kappa shape index (κ2) is 7.75. The van der Waals surface area contributed by atoms with Crippen LogP contribution in [-0.2, 0) is 9.53 Å². The number of benzene rings is 2. The Morgan fingerprint density at radius 2 is 1.64 bits per heavy atom. The van der Waals surface area contributed by atoms with Crippen molar-refractivity contribution in [3.63, 3.8) is 0 Å². The number of rotatable bonds is 5. The fraction of sp³-hybridized carbons (Fsp3) is 0.250. The topological polar surface area (TPSA) is 72.5 Å². The first kappa shape index (κ1) is 18.4. The highest BCUT2D eigenvalue weighted by Gasteiger charge is 2.21. The molecule has 0 aliphatic heterocycles. The molecule has 0 spiro atoms. The lowest BCUT2D eigenvalue weighted by molar-refractivity contribution is -0.114. The lowest BCUT2D eigenvalue weighted by Gasteiger charge is -2.14. The predicted octanol–water partition coefficient (Wildman–Crippen LogP) is 3.69. The van der Waals surface area contributed by atoms with Gasteiger partial charge in [-0.05, 0) is 56.7 Å². The van der Waals surface area contributed by atoms with Gasteiger partial charge in [0.15, 0.2) is 6.10 Å². The molecule has 0 heterocycles. The number of Topliss-reactive ketones (excluding diaryl/α,β-unsaturated/α-hetero) is 1. The number of hydrogen-bond acceptors (Lipinski definition) is 4. The first-order chi connectivity index (χ1) is 11.8. The van der Waals surface area contributed by atoms with Gasteiger partial charge in [-0.25, -0.2) is 4.79 Å². The third-order valence-corrected chi connectivity index (χ3v) is 3.75. The van der Waals surface area contributed by atoms with Crippen molar-refractivity contribution in [1.29, 1.82) is 0 Å².